The van der Waals surface area contributed by atoms with E-state index in [1.54, 1.807) is 6.08 Å². The minimum Gasteiger partial charge on any atom is -0.375 e. The predicted octanol–water partition coefficient (Wildman–Crippen LogP) is 2.93. The highest BCUT2D eigenvalue weighted by molar-refractivity contribution is 4.84. The van der Waals surface area contributed by atoms with E-state index in [9.17, 15) is 0 Å². The Morgan fingerprint density at radius 3 is 2.86 bits per heavy atom. The summed E-state index contributed by atoms with van der Waals surface area (Å²) in [6.45, 7) is 7.22. The Morgan fingerprint density at radius 2 is 2.14 bits per heavy atom. The van der Waals surface area contributed by atoms with Crippen molar-refractivity contribution in [1.82, 2.24) is 0 Å². The molecule has 1 aliphatic heterocycles. The van der Waals surface area contributed by atoms with Crippen LogP contribution in [-0.4, -0.2) is 25.4 Å². The summed E-state index contributed by atoms with van der Waals surface area (Å²) in [5.41, 5.74) is 0. The van der Waals surface area contributed by atoms with Gasteiger partial charge in [-0.2, -0.15) is 0 Å². The molecule has 2 atom stereocenters. The molecule has 0 aliphatic carbocycles. The fourth-order valence-electron chi connectivity index (χ4n) is 1.62. The van der Waals surface area contributed by atoms with E-state index in [0.717, 1.165) is 6.61 Å². The van der Waals surface area contributed by atoms with Gasteiger partial charge in [-0.3, -0.25) is 0 Å². The summed E-state index contributed by atoms with van der Waals surface area (Å²) in [4.78, 5) is 0. The summed E-state index contributed by atoms with van der Waals surface area (Å²) >= 11 is 0. The van der Waals surface area contributed by atoms with E-state index in [-0.39, 0.29) is 0 Å². The maximum absolute atomic E-state index is 5.48. The van der Waals surface area contributed by atoms with Gasteiger partial charge < -0.3 is 9.47 Å². The Hall–Kier alpha value is -0.340. The number of rotatable bonds is 9. The first-order chi connectivity index (χ1) is 6.88. The van der Waals surface area contributed by atoms with Crippen LogP contribution in [0, 0.1) is 0 Å². The molecule has 0 spiro atoms. The topological polar surface area (TPSA) is 21.8 Å². The largest absolute Gasteiger partial charge is 0.375 e. The van der Waals surface area contributed by atoms with Crippen molar-refractivity contribution >= 4 is 0 Å². The first-order valence-corrected chi connectivity index (χ1v) is 5.72. The van der Waals surface area contributed by atoms with Crippen LogP contribution in [0.3, 0.4) is 0 Å². The van der Waals surface area contributed by atoms with Crippen molar-refractivity contribution in [2.75, 3.05) is 13.2 Å². The zero-order valence-corrected chi connectivity index (χ0v) is 9.21. The molecule has 2 heteroatoms. The lowest BCUT2D eigenvalue weighted by molar-refractivity contribution is 0.141. The van der Waals surface area contributed by atoms with Crippen LogP contribution >= 0.6 is 0 Å². The highest BCUT2D eigenvalue weighted by Crippen LogP contribution is 2.27. The van der Waals surface area contributed by atoms with E-state index >= 15 is 0 Å². The quantitative estimate of drug-likeness (QED) is 0.323. The lowest BCUT2D eigenvalue weighted by atomic mass is 10.1. The normalized spacial score (nSPS) is 24.9. The van der Waals surface area contributed by atoms with Gasteiger partial charge in [0, 0.05) is 0 Å². The zero-order chi connectivity index (χ0) is 10.2. The summed E-state index contributed by atoms with van der Waals surface area (Å²) in [5.74, 6) is 0. The third kappa shape index (κ3) is 4.77. The number of hydrogen-bond donors (Lipinski definition) is 0. The van der Waals surface area contributed by atoms with E-state index in [0.29, 0.717) is 18.8 Å². The molecule has 1 rings (SSSR count). The van der Waals surface area contributed by atoms with E-state index in [2.05, 4.69) is 13.5 Å². The second kappa shape index (κ2) is 7.02. The van der Waals surface area contributed by atoms with Crippen molar-refractivity contribution in [3.63, 3.8) is 0 Å². The van der Waals surface area contributed by atoms with E-state index in [4.69, 9.17) is 9.47 Å². The van der Waals surface area contributed by atoms with Gasteiger partial charge in [-0.25, -0.2) is 0 Å². The van der Waals surface area contributed by atoms with Crippen LogP contribution in [0.2, 0.25) is 0 Å². The zero-order valence-electron chi connectivity index (χ0n) is 9.21. The van der Waals surface area contributed by atoms with Gasteiger partial charge in [-0.15, -0.1) is 6.58 Å². The van der Waals surface area contributed by atoms with Gasteiger partial charge >= 0.3 is 0 Å². The SMILES string of the molecule is C=CCOCC1OC1CCCCCC. The minimum atomic E-state index is 0.372. The highest BCUT2D eigenvalue weighted by Gasteiger charge is 2.37. The molecule has 0 N–H and O–H groups in total. The molecule has 14 heavy (non-hydrogen) atoms. The second-order valence-corrected chi connectivity index (χ2v) is 3.89. The molecule has 1 fully saturated rings. The number of epoxide rings is 1. The van der Waals surface area contributed by atoms with Crippen LogP contribution in [0.1, 0.15) is 39.0 Å². The molecule has 0 bridgehead atoms. The van der Waals surface area contributed by atoms with Gasteiger partial charge in [0.25, 0.3) is 0 Å². The van der Waals surface area contributed by atoms with Crippen LogP contribution in [0.25, 0.3) is 0 Å². The van der Waals surface area contributed by atoms with Gasteiger partial charge in [0.15, 0.2) is 0 Å². The third-order valence-electron chi connectivity index (χ3n) is 2.55. The van der Waals surface area contributed by atoms with Crippen molar-refractivity contribution in [1.29, 1.82) is 0 Å². The fourth-order valence-corrected chi connectivity index (χ4v) is 1.62. The molecule has 1 heterocycles. The summed E-state index contributed by atoms with van der Waals surface area (Å²) in [6, 6.07) is 0. The van der Waals surface area contributed by atoms with Gasteiger partial charge in [0.05, 0.1) is 19.3 Å². The third-order valence-corrected chi connectivity index (χ3v) is 2.55. The van der Waals surface area contributed by atoms with Gasteiger partial charge in [0.1, 0.15) is 6.10 Å². The molecular formula is C12H22O2. The van der Waals surface area contributed by atoms with Crippen molar-refractivity contribution in [2.45, 2.75) is 51.2 Å². The lowest BCUT2D eigenvalue weighted by Crippen LogP contribution is -2.04. The van der Waals surface area contributed by atoms with Crippen molar-refractivity contribution in [2.24, 2.45) is 0 Å². The van der Waals surface area contributed by atoms with Crippen molar-refractivity contribution < 1.29 is 9.47 Å². The molecule has 0 amide bonds. The smallest absolute Gasteiger partial charge is 0.107 e. The monoisotopic (exact) mass is 198 g/mol. The van der Waals surface area contributed by atoms with Gasteiger partial charge in [-0.05, 0) is 6.42 Å². The van der Waals surface area contributed by atoms with Gasteiger partial charge in [0.2, 0.25) is 0 Å². The Bertz CT molecular complexity index is 156. The Morgan fingerprint density at radius 1 is 1.29 bits per heavy atom. The maximum atomic E-state index is 5.48. The van der Waals surface area contributed by atoms with Crippen LogP contribution in [0.5, 0.6) is 0 Å². The molecule has 0 aromatic rings. The van der Waals surface area contributed by atoms with E-state index < -0.39 is 0 Å². The molecule has 82 valence electrons. The van der Waals surface area contributed by atoms with Crippen molar-refractivity contribution in [3.8, 4) is 0 Å². The maximum Gasteiger partial charge on any atom is 0.107 e. The molecule has 0 aromatic carbocycles. The molecule has 2 nitrogen and oxygen atoms in total. The average molecular weight is 198 g/mol. The molecule has 0 radical (unpaired) electrons. The molecule has 1 saturated heterocycles. The lowest BCUT2D eigenvalue weighted by Gasteiger charge is -1.97. The molecule has 0 saturated carbocycles. The molecule has 0 aromatic heterocycles. The number of hydrogen-bond acceptors (Lipinski definition) is 2. The van der Waals surface area contributed by atoms with E-state index in [1.165, 1.54) is 32.1 Å². The van der Waals surface area contributed by atoms with Crippen LogP contribution in [-0.2, 0) is 9.47 Å². The van der Waals surface area contributed by atoms with Crippen LogP contribution in [0.4, 0.5) is 0 Å². The predicted molar refractivity (Wildman–Crippen MR) is 58.4 cm³/mol. The summed E-state index contributed by atoms with van der Waals surface area (Å²) < 4.78 is 10.8. The standard InChI is InChI=1S/C12H22O2/c1-3-5-6-7-8-11-12(14-11)10-13-9-4-2/h4,11-12H,2-3,5-10H2,1H3. The van der Waals surface area contributed by atoms with Crippen LogP contribution in [0.15, 0.2) is 12.7 Å². The van der Waals surface area contributed by atoms with Crippen molar-refractivity contribution in [3.05, 3.63) is 12.7 Å². The Balaban J connectivity index is 1.85. The van der Waals surface area contributed by atoms with E-state index in [1.807, 2.05) is 0 Å². The Labute approximate surface area is 87.3 Å². The Kier molecular flexibility index (Phi) is 5.88. The average Bonchev–Trinajstić information content (AvgIpc) is 2.92. The molecule has 1 aliphatic rings. The highest BCUT2D eigenvalue weighted by atomic mass is 16.6. The number of unbranched alkanes of at least 4 members (excludes halogenated alkanes) is 3. The van der Waals surface area contributed by atoms with Crippen LogP contribution < -0.4 is 0 Å². The molecule has 2 unspecified atom stereocenters. The molecular weight excluding hydrogens is 176 g/mol. The minimum absolute atomic E-state index is 0.372. The number of ether oxygens (including phenoxy) is 2. The first kappa shape index (κ1) is 11.7. The first-order valence-electron chi connectivity index (χ1n) is 5.72. The fraction of sp³-hybridized carbons (Fsp3) is 0.833. The summed E-state index contributed by atoms with van der Waals surface area (Å²) in [6.07, 6.45) is 9.14. The second-order valence-electron chi connectivity index (χ2n) is 3.89. The summed E-state index contributed by atoms with van der Waals surface area (Å²) in [5, 5.41) is 0. The summed E-state index contributed by atoms with van der Waals surface area (Å²) in [7, 11) is 0. The van der Waals surface area contributed by atoms with Gasteiger partial charge in [-0.1, -0.05) is 38.7 Å².